The molecule has 2 aromatic rings. The van der Waals surface area contributed by atoms with E-state index >= 15 is 0 Å². The van der Waals surface area contributed by atoms with Crippen molar-refractivity contribution in [2.75, 3.05) is 25.6 Å². The van der Waals surface area contributed by atoms with Crippen molar-refractivity contribution in [3.05, 3.63) is 53.8 Å². The van der Waals surface area contributed by atoms with Gasteiger partial charge in [0.1, 0.15) is 12.4 Å². The highest BCUT2D eigenvalue weighted by Crippen LogP contribution is 2.27. The lowest BCUT2D eigenvalue weighted by Crippen LogP contribution is -2.12. The summed E-state index contributed by atoms with van der Waals surface area (Å²) >= 11 is 0. The summed E-state index contributed by atoms with van der Waals surface area (Å²) in [6, 6.07) is 12.1. The Morgan fingerprint density at radius 2 is 1.95 bits per heavy atom. The van der Waals surface area contributed by atoms with Gasteiger partial charge in [0.25, 0.3) is 0 Å². The summed E-state index contributed by atoms with van der Waals surface area (Å²) in [4.78, 5) is 0. The summed E-state index contributed by atoms with van der Waals surface area (Å²) in [6.45, 7) is 3.05. The smallest absolute Gasteiger partial charge is 0.161 e. The second-order valence-corrected chi connectivity index (χ2v) is 4.44. The number of anilines is 1. The molecule has 0 bridgehead atoms. The van der Waals surface area contributed by atoms with E-state index in [4.69, 9.17) is 9.47 Å². The van der Waals surface area contributed by atoms with Crippen LogP contribution in [0.1, 0.15) is 5.56 Å². The van der Waals surface area contributed by atoms with Crippen LogP contribution in [0, 0.1) is 12.7 Å². The molecule has 3 nitrogen and oxygen atoms in total. The van der Waals surface area contributed by atoms with Gasteiger partial charge in [-0.1, -0.05) is 12.1 Å². The van der Waals surface area contributed by atoms with Crippen molar-refractivity contribution in [1.29, 1.82) is 0 Å². The molecule has 20 heavy (non-hydrogen) atoms. The number of rotatable bonds is 6. The Balaban J connectivity index is 1.84. The molecule has 0 aliphatic heterocycles. The SMILES string of the molecule is COc1cc(C)ccc1OCCNc1cccc(F)c1. The molecule has 4 heteroatoms. The van der Waals surface area contributed by atoms with E-state index in [1.807, 2.05) is 31.2 Å². The van der Waals surface area contributed by atoms with E-state index in [-0.39, 0.29) is 5.82 Å². The van der Waals surface area contributed by atoms with Gasteiger partial charge < -0.3 is 14.8 Å². The normalized spacial score (nSPS) is 10.2. The Hall–Kier alpha value is -2.23. The fraction of sp³-hybridized carbons (Fsp3) is 0.250. The first-order valence-corrected chi connectivity index (χ1v) is 6.46. The Morgan fingerprint density at radius 3 is 2.70 bits per heavy atom. The van der Waals surface area contributed by atoms with E-state index in [0.29, 0.717) is 18.9 Å². The van der Waals surface area contributed by atoms with Crippen molar-refractivity contribution in [3.63, 3.8) is 0 Å². The highest BCUT2D eigenvalue weighted by molar-refractivity contribution is 5.44. The molecule has 0 saturated heterocycles. The van der Waals surface area contributed by atoms with Crippen LogP contribution in [0.5, 0.6) is 11.5 Å². The highest BCUT2D eigenvalue weighted by atomic mass is 19.1. The maximum absolute atomic E-state index is 13.0. The number of aryl methyl sites for hydroxylation is 1. The summed E-state index contributed by atoms with van der Waals surface area (Å²) in [6.07, 6.45) is 0. The number of methoxy groups -OCH3 is 1. The van der Waals surface area contributed by atoms with E-state index in [1.165, 1.54) is 12.1 Å². The molecule has 0 spiro atoms. The van der Waals surface area contributed by atoms with Crippen molar-refractivity contribution in [2.24, 2.45) is 0 Å². The van der Waals surface area contributed by atoms with Crippen molar-refractivity contribution in [3.8, 4) is 11.5 Å². The third-order valence-electron chi connectivity index (χ3n) is 2.83. The third kappa shape index (κ3) is 3.88. The highest BCUT2D eigenvalue weighted by Gasteiger charge is 2.03. The molecule has 1 N–H and O–H groups in total. The van der Waals surface area contributed by atoms with Crippen LogP contribution < -0.4 is 14.8 Å². The van der Waals surface area contributed by atoms with E-state index in [9.17, 15) is 4.39 Å². The Bertz CT molecular complexity index is 572. The monoisotopic (exact) mass is 275 g/mol. The number of ether oxygens (including phenoxy) is 2. The van der Waals surface area contributed by atoms with Crippen LogP contribution in [-0.2, 0) is 0 Å². The molecule has 0 saturated carbocycles. The molecule has 0 unspecified atom stereocenters. The van der Waals surface area contributed by atoms with E-state index in [0.717, 1.165) is 17.0 Å². The summed E-state index contributed by atoms with van der Waals surface area (Å²) in [5.41, 5.74) is 1.86. The van der Waals surface area contributed by atoms with Crippen molar-refractivity contribution in [1.82, 2.24) is 0 Å². The number of nitrogens with one attached hydrogen (secondary N) is 1. The first-order chi connectivity index (χ1) is 9.69. The maximum Gasteiger partial charge on any atom is 0.161 e. The minimum atomic E-state index is -0.254. The lowest BCUT2D eigenvalue weighted by Gasteiger charge is -2.12. The van der Waals surface area contributed by atoms with Crippen LogP contribution in [-0.4, -0.2) is 20.3 Å². The molecular formula is C16H18FNO2. The fourth-order valence-electron chi connectivity index (χ4n) is 1.85. The Labute approximate surface area is 118 Å². The molecule has 0 amide bonds. The zero-order valence-electron chi connectivity index (χ0n) is 11.7. The van der Waals surface area contributed by atoms with Crippen LogP contribution in [0.25, 0.3) is 0 Å². The molecule has 0 heterocycles. The molecular weight excluding hydrogens is 257 g/mol. The van der Waals surface area contributed by atoms with Crippen LogP contribution in [0.4, 0.5) is 10.1 Å². The van der Waals surface area contributed by atoms with Crippen molar-refractivity contribution >= 4 is 5.69 Å². The Kier molecular flexibility index (Phi) is 4.82. The van der Waals surface area contributed by atoms with Gasteiger partial charge in [0, 0.05) is 12.2 Å². The van der Waals surface area contributed by atoms with Crippen LogP contribution >= 0.6 is 0 Å². The average Bonchev–Trinajstić information content (AvgIpc) is 2.45. The molecule has 106 valence electrons. The molecule has 0 fully saturated rings. The molecule has 0 radical (unpaired) electrons. The number of halogens is 1. The summed E-state index contributed by atoms with van der Waals surface area (Å²) in [7, 11) is 1.62. The summed E-state index contributed by atoms with van der Waals surface area (Å²) in [5, 5.41) is 3.10. The van der Waals surface area contributed by atoms with Crippen molar-refractivity contribution in [2.45, 2.75) is 6.92 Å². The van der Waals surface area contributed by atoms with Crippen LogP contribution in [0.2, 0.25) is 0 Å². The van der Waals surface area contributed by atoms with Crippen molar-refractivity contribution < 1.29 is 13.9 Å². The van der Waals surface area contributed by atoms with Gasteiger partial charge in [-0.2, -0.15) is 0 Å². The minimum Gasteiger partial charge on any atom is -0.493 e. The molecule has 2 rings (SSSR count). The Morgan fingerprint density at radius 1 is 1.10 bits per heavy atom. The zero-order valence-corrected chi connectivity index (χ0v) is 11.7. The quantitative estimate of drug-likeness (QED) is 0.817. The standard InChI is InChI=1S/C16H18FNO2/c1-12-6-7-15(16(10-12)19-2)20-9-8-18-14-5-3-4-13(17)11-14/h3-7,10-11,18H,8-9H2,1-2H3. The number of hydrogen-bond acceptors (Lipinski definition) is 3. The molecule has 0 aliphatic rings. The first kappa shape index (κ1) is 14.2. The number of hydrogen-bond donors (Lipinski definition) is 1. The lowest BCUT2D eigenvalue weighted by atomic mass is 10.2. The molecule has 2 aromatic carbocycles. The van der Waals surface area contributed by atoms with E-state index in [2.05, 4.69) is 5.32 Å². The van der Waals surface area contributed by atoms with E-state index < -0.39 is 0 Å². The molecule has 0 atom stereocenters. The second-order valence-electron chi connectivity index (χ2n) is 4.44. The van der Waals surface area contributed by atoms with Gasteiger partial charge in [-0.05, 0) is 42.8 Å². The predicted octanol–water partition coefficient (Wildman–Crippen LogP) is 3.63. The maximum atomic E-state index is 13.0. The predicted molar refractivity (Wildman–Crippen MR) is 78.1 cm³/mol. The number of benzene rings is 2. The summed E-state index contributed by atoms with van der Waals surface area (Å²) < 4.78 is 23.9. The van der Waals surface area contributed by atoms with E-state index in [1.54, 1.807) is 13.2 Å². The van der Waals surface area contributed by atoms with Gasteiger partial charge >= 0.3 is 0 Å². The average molecular weight is 275 g/mol. The van der Waals surface area contributed by atoms with Crippen LogP contribution in [0.15, 0.2) is 42.5 Å². The lowest BCUT2D eigenvalue weighted by molar-refractivity contribution is 0.305. The van der Waals surface area contributed by atoms with Gasteiger partial charge in [0.15, 0.2) is 11.5 Å². The molecule has 0 aromatic heterocycles. The summed E-state index contributed by atoms with van der Waals surface area (Å²) in [5.74, 6) is 1.17. The van der Waals surface area contributed by atoms with Crippen LogP contribution in [0.3, 0.4) is 0 Å². The van der Waals surface area contributed by atoms with Gasteiger partial charge in [0.2, 0.25) is 0 Å². The first-order valence-electron chi connectivity index (χ1n) is 6.46. The third-order valence-corrected chi connectivity index (χ3v) is 2.83. The fourth-order valence-corrected chi connectivity index (χ4v) is 1.85. The molecule has 0 aliphatic carbocycles. The minimum absolute atomic E-state index is 0.254. The van der Waals surface area contributed by atoms with Gasteiger partial charge in [-0.15, -0.1) is 0 Å². The van der Waals surface area contributed by atoms with Gasteiger partial charge in [-0.3, -0.25) is 0 Å². The zero-order chi connectivity index (χ0) is 14.4. The van der Waals surface area contributed by atoms with Gasteiger partial charge in [-0.25, -0.2) is 4.39 Å². The largest absolute Gasteiger partial charge is 0.493 e. The van der Waals surface area contributed by atoms with Gasteiger partial charge in [0.05, 0.1) is 7.11 Å². The topological polar surface area (TPSA) is 30.5 Å². The second kappa shape index (κ2) is 6.80.